The summed E-state index contributed by atoms with van der Waals surface area (Å²) in [5, 5.41) is 4.98. The molecule has 6 aromatic rings. The van der Waals surface area contributed by atoms with E-state index in [2.05, 4.69) is 99.4 Å². The van der Waals surface area contributed by atoms with Gasteiger partial charge in [-0.15, -0.1) is 70.7 Å². The Morgan fingerprint density at radius 1 is 0.718 bits per heavy atom. The Hall–Kier alpha value is -3.65. The smallest absolute Gasteiger partial charge is 0.0406 e. The molecule has 0 saturated heterocycles. The number of rotatable bonds is 4. The van der Waals surface area contributed by atoms with Crippen LogP contribution in [0.4, 0.5) is 0 Å². The third kappa shape index (κ3) is 6.50. The van der Waals surface area contributed by atoms with Crippen LogP contribution in [0.25, 0.3) is 44.1 Å². The number of aromatic nitrogens is 2. The summed E-state index contributed by atoms with van der Waals surface area (Å²) in [6, 6.07) is 30.2. The largest absolute Gasteiger partial charge is 0.305 e. The number of nitrogens with zero attached hydrogens (tertiary/aromatic N) is 2. The second-order valence-electron chi connectivity index (χ2n) is 9.85. The van der Waals surface area contributed by atoms with Crippen LogP contribution in [0.1, 0.15) is 56.1 Å². The van der Waals surface area contributed by atoms with Crippen LogP contribution in [0.5, 0.6) is 0 Å². The number of hydrogen-bond donors (Lipinski definition) is 0. The Balaban J connectivity index is 0.000000215. The molecular formula is C36H32IrN2-2. The maximum Gasteiger partial charge on any atom is 0.0406 e. The average molecular weight is 689 g/mol. The van der Waals surface area contributed by atoms with Gasteiger partial charge in [-0.3, -0.25) is 0 Å². The van der Waals surface area contributed by atoms with Gasteiger partial charge in [0, 0.05) is 35.2 Å². The summed E-state index contributed by atoms with van der Waals surface area (Å²) in [5.41, 5.74) is 5.52. The topological polar surface area (TPSA) is 25.8 Å². The first-order chi connectivity index (χ1) is 20.2. The summed E-state index contributed by atoms with van der Waals surface area (Å²) < 4.78 is 30.1. The van der Waals surface area contributed by atoms with Gasteiger partial charge in [0.05, 0.1) is 0 Å². The van der Waals surface area contributed by atoms with E-state index in [4.69, 9.17) is 10.5 Å². The zero-order valence-corrected chi connectivity index (χ0v) is 24.9. The van der Waals surface area contributed by atoms with Crippen LogP contribution in [-0.2, 0) is 20.1 Å². The van der Waals surface area contributed by atoms with Crippen molar-refractivity contribution >= 4 is 21.5 Å². The Bertz CT molecular complexity index is 1860. The van der Waals surface area contributed by atoms with Crippen molar-refractivity contribution < 1.29 is 25.6 Å². The van der Waals surface area contributed by atoms with Crippen molar-refractivity contribution in [3.63, 3.8) is 0 Å². The van der Waals surface area contributed by atoms with E-state index in [0.717, 1.165) is 11.3 Å². The standard InChI is InChI=1S/C25H24N.C11H8N.Ir/c1-16(2)19-13-20(17(3)4)15-21(14-19)25-24-10-9-18-7-5-6-8-22(18)23(24)11-12-26-25;1-2-6-10(7-3-1)11-8-4-5-9-12-11;/h5-14,16-17H,1-4H3;1-6,8-9H;/q2*-1;/i;1D,2D,3D,6D;. The van der Waals surface area contributed by atoms with Gasteiger partial charge in [0.1, 0.15) is 0 Å². The fraction of sp³-hybridized carbons (Fsp3) is 0.167. The van der Waals surface area contributed by atoms with E-state index >= 15 is 0 Å². The molecule has 0 aliphatic heterocycles. The van der Waals surface area contributed by atoms with E-state index in [-0.39, 0.29) is 44.3 Å². The minimum Gasteiger partial charge on any atom is -0.305 e. The second-order valence-corrected chi connectivity index (χ2v) is 9.85. The molecule has 0 bridgehead atoms. The molecule has 197 valence electrons. The minimum absolute atomic E-state index is 0. The van der Waals surface area contributed by atoms with Gasteiger partial charge in [-0.05, 0) is 59.6 Å². The van der Waals surface area contributed by atoms with Crippen molar-refractivity contribution in [1.82, 2.24) is 9.97 Å². The van der Waals surface area contributed by atoms with Crippen LogP contribution in [0.15, 0.2) is 109 Å². The molecule has 0 amide bonds. The summed E-state index contributed by atoms with van der Waals surface area (Å²) in [6.45, 7) is 8.94. The van der Waals surface area contributed by atoms with Crippen molar-refractivity contribution in [2.45, 2.75) is 39.5 Å². The molecule has 0 fully saturated rings. The molecule has 2 aromatic heterocycles. The van der Waals surface area contributed by atoms with Crippen molar-refractivity contribution in [1.29, 1.82) is 0 Å². The average Bonchev–Trinajstić information content (AvgIpc) is 3.01. The predicted octanol–water partition coefficient (Wildman–Crippen LogP) is 9.65. The second kappa shape index (κ2) is 12.9. The first-order valence-corrected chi connectivity index (χ1v) is 12.9. The van der Waals surface area contributed by atoms with Gasteiger partial charge in [-0.1, -0.05) is 76.2 Å². The van der Waals surface area contributed by atoms with Gasteiger partial charge in [-0.25, -0.2) is 0 Å². The molecule has 0 N–H and O–H groups in total. The number of pyridine rings is 2. The Kier molecular flexibility index (Phi) is 7.71. The monoisotopic (exact) mass is 689 g/mol. The predicted molar refractivity (Wildman–Crippen MR) is 160 cm³/mol. The summed E-state index contributed by atoms with van der Waals surface area (Å²) in [5.74, 6) is 0.930. The van der Waals surface area contributed by atoms with Gasteiger partial charge in [0.15, 0.2) is 0 Å². The first-order valence-electron chi connectivity index (χ1n) is 14.9. The quantitative estimate of drug-likeness (QED) is 0.136. The molecule has 0 aliphatic carbocycles. The normalized spacial score (nSPS) is 12.3. The zero-order valence-electron chi connectivity index (χ0n) is 26.5. The third-order valence-corrected chi connectivity index (χ3v) is 6.55. The molecule has 0 spiro atoms. The molecule has 4 aromatic carbocycles. The summed E-state index contributed by atoms with van der Waals surface area (Å²) in [6.07, 6.45) is 3.50. The molecule has 0 aliphatic rings. The molecule has 0 unspecified atom stereocenters. The van der Waals surface area contributed by atoms with Crippen LogP contribution in [-0.4, -0.2) is 9.97 Å². The molecule has 3 heteroatoms. The molecule has 6 rings (SSSR count). The third-order valence-electron chi connectivity index (χ3n) is 6.55. The Morgan fingerprint density at radius 3 is 2.31 bits per heavy atom. The number of fused-ring (bicyclic) bond motifs is 3. The first kappa shape index (κ1) is 23.3. The number of hydrogen-bond acceptors (Lipinski definition) is 2. The summed E-state index contributed by atoms with van der Waals surface area (Å²) in [4.78, 5) is 8.80. The summed E-state index contributed by atoms with van der Waals surface area (Å²) in [7, 11) is 0. The maximum absolute atomic E-state index is 7.71. The van der Waals surface area contributed by atoms with Crippen LogP contribution < -0.4 is 0 Å². The minimum atomic E-state index is -0.273. The molecule has 0 saturated carbocycles. The van der Waals surface area contributed by atoms with E-state index in [9.17, 15) is 0 Å². The van der Waals surface area contributed by atoms with E-state index in [0.29, 0.717) is 23.1 Å². The molecule has 39 heavy (non-hydrogen) atoms. The van der Waals surface area contributed by atoms with Crippen molar-refractivity contribution in [2.75, 3.05) is 0 Å². The Labute approximate surface area is 251 Å². The van der Waals surface area contributed by atoms with Crippen LogP contribution in [0.2, 0.25) is 0 Å². The molecule has 2 heterocycles. The van der Waals surface area contributed by atoms with Crippen LogP contribution in [0, 0.1) is 12.1 Å². The van der Waals surface area contributed by atoms with E-state index in [1.54, 1.807) is 24.4 Å². The van der Waals surface area contributed by atoms with Gasteiger partial charge in [-0.2, -0.15) is 0 Å². The van der Waals surface area contributed by atoms with E-state index in [1.165, 1.54) is 32.7 Å². The fourth-order valence-electron chi connectivity index (χ4n) is 4.43. The SMILES string of the molecule is CC(C)c1[c-]c(-c2nccc3c2ccc2ccccc23)cc(C(C)C)c1.[2H]c1[c-]c(-c2ccccn2)c([2H])c([2H])c1[2H].[Ir]. The van der Waals surface area contributed by atoms with Crippen LogP contribution in [0.3, 0.4) is 0 Å². The maximum atomic E-state index is 7.71. The molecule has 0 atom stereocenters. The van der Waals surface area contributed by atoms with Gasteiger partial charge in [0.2, 0.25) is 0 Å². The number of benzene rings is 4. The van der Waals surface area contributed by atoms with Crippen molar-refractivity contribution in [3.05, 3.63) is 133 Å². The summed E-state index contributed by atoms with van der Waals surface area (Å²) >= 11 is 0. The molecule has 1 radical (unpaired) electrons. The van der Waals surface area contributed by atoms with E-state index in [1.807, 2.05) is 6.20 Å². The zero-order chi connectivity index (χ0) is 30.0. The molecular weight excluding hydrogens is 653 g/mol. The fourth-order valence-corrected chi connectivity index (χ4v) is 4.43. The van der Waals surface area contributed by atoms with E-state index < -0.39 is 0 Å². The van der Waals surface area contributed by atoms with Gasteiger partial charge >= 0.3 is 0 Å². The van der Waals surface area contributed by atoms with Gasteiger partial charge in [0.25, 0.3) is 0 Å². The van der Waals surface area contributed by atoms with Gasteiger partial charge < -0.3 is 9.97 Å². The van der Waals surface area contributed by atoms with Crippen molar-refractivity contribution in [3.8, 4) is 22.5 Å². The molecule has 2 nitrogen and oxygen atoms in total. The van der Waals surface area contributed by atoms with Crippen LogP contribution >= 0.6 is 0 Å². The van der Waals surface area contributed by atoms with Crippen molar-refractivity contribution in [2.24, 2.45) is 0 Å². The Morgan fingerprint density at radius 2 is 1.54 bits per heavy atom.